The number of hydrogen-bond acceptors (Lipinski definition) is 3. The number of hydrogen-bond donors (Lipinski definition) is 1. The number of ketones is 1. The van der Waals surface area contributed by atoms with Crippen LogP contribution in [0.3, 0.4) is 0 Å². The lowest BCUT2D eigenvalue weighted by Crippen LogP contribution is -2.07. The molecule has 1 N–H and O–H groups in total. The van der Waals surface area contributed by atoms with Gasteiger partial charge in [-0.2, -0.15) is 18.3 Å². The SMILES string of the molecule is CNc1ccc(-c2ccc3c(c2)C(Cl)=CCC3=O)c2c(Cl)c(C(F)(F)F)nn12. The average molecular weight is 426 g/mol. The summed E-state index contributed by atoms with van der Waals surface area (Å²) in [5.41, 5.74) is 0.986. The molecule has 3 aromatic rings. The smallest absolute Gasteiger partial charge is 0.373 e. The molecule has 2 aromatic heterocycles. The molecule has 1 aromatic carbocycles. The second-order valence-corrected chi connectivity index (χ2v) is 7.03. The number of alkyl halides is 3. The molecule has 0 unspecified atom stereocenters. The summed E-state index contributed by atoms with van der Waals surface area (Å²) in [5.74, 6) is 0.283. The van der Waals surface area contributed by atoms with Crippen LogP contribution in [0.2, 0.25) is 5.02 Å². The van der Waals surface area contributed by atoms with Gasteiger partial charge in [-0.25, -0.2) is 4.52 Å². The molecular formula is C19H12Cl2F3N3O. The van der Waals surface area contributed by atoms with Crippen LogP contribution in [0, 0.1) is 0 Å². The molecule has 0 saturated carbocycles. The molecule has 0 spiro atoms. The van der Waals surface area contributed by atoms with E-state index in [0.29, 0.717) is 33.1 Å². The summed E-state index contributed by atoms with van der Waals surface area (Å²) in [5, 5.41) is 6.40. The summed E-state index contributed by atoms with van der Waals surface area (Å²) in [6, 6.07) is 8.22. The van der Waals surface area contributed by atoms with Crippen LogP contribution in [0.25, 0.3) is 21.7 Å². The van der Waals surface area contributed by atoms with Crippen LogP contribution >= 0.6 is 23.2 Å². The van der Waals surface area contributed by atoms with Crippen LogP contribution < -0.4 is 5.32 Å². The molecule has 9 heteroatoms. The van der Waals surface area contributed by atoms with Crippen molar-refractivity contribution in [3.8, 4) is 11.1 Å². The molecule has 0 fully saturated rings. The Hall–Kier alpha value is -2.51. The van der Waals surface area contributed by atoms with Crippen molar-refractivity contribution in [2.45, 2.75) is 12.6 Å². The molecular weight excluding hydrogens is 414 g/mol. The average Bonchev–Trinajstić information content (AvgIpc) is 3.02. The third kappa shape index (κ3) is 2.86. The number of allylic oxidation sites excluding steroid dienone is 1. The lowest BCUT2D eigenvalue weighted by Gasteiger charge is -2.15. The standard InChI is InChI=1S/C19H12Cl2F3N3O/c1-25-15-7-4-10(17-16(21)18(19(22,23)24)26-27(15)17)9-2-3-11-12(8-9)13(20)5-6-14(11)28/h2-5,7-8,25H,6H2,1H3. The number of nitrogens with one attached hydrogen (secondary N) is 1. The number of aromatic nitrogens is 2. The predicted octanol–water partition coefficient (Wildman–Crippen LogP) is 5.88. The van der Waals surface area contributed by atoms with Gasteiger partial charge in [0.05, 0.1) is 10.5 Å². The molecule has 144 valence electrons. The van der Waals surface area contributed by atoms with Crippen LogP contribution in [0.5, 0.6) is 0 Å². The Morgan fingerprint density at radius 2 is 1.82 bits per heavy atom. The Bertz CT molecular complexity index is 1170. The van der Waals surface area contributed by atoms with E-state index in [0.717, 1.165) is 4.52 Å². The first-order valence-corrected chi connectivity index (χ1v) is 8.97. The number of fused-ring (bicyclic) bond motifs is 2. The fraction of sp³-hybridized carbons (Fsp3) is 0.158. The first kappa shape index (κ1) is 18.8. The topological polar surface area (TPSA) is 46.4 Å². The van der Waals surface area contributed by atoms with Gasteiger partial charge in [-0.3, -0.25) is 4.79 Å². The number of carbonyl (C=O) groups is 1. The van der Waals surface area contributed by atoms with E-state index in [-0.39, 0.29) is 17.7 Å². The molecule has 0 amide bonds. The minimum Gasteiger partial charge on any atom is -0.373 e. The van der Waals surface area contributed by atoms with Gasteiger partial charge in [-0.15, -0.1) is 0 Å². The summed E-state index contributed by atoms with van der Waals surface area (Å²) in [6.07, 6.45) is -2.86. The highest BCUT2D eigenvalue weighted by atomic mass is 35.5. The van der Waals surface area contributed by atoms with Crippen LogP contribution in [-0.4, -0.2) is 22.4 Å². The van der Waals surface area contributed by atoms with Gasteiger partial charge >= 0.3 is 6.18 Å². The molecule has 1 aliphatic rings. The van der Waals surface area contributed by atoms with Gasteiger partial charge in [0.1, 0.15) is 5.82 Å². The van der Waals surface area contributed by atoms with E-state index in [2.05, 4.69) is 10.4 Å². The lowest BCUT2D eigenvalue weighted by molar-refractivity contribution is -0.141. The maximum Gasteiger partial charge on any atom is 0.436 e. The van der Waals surface area contributed by atoms with Gasteiger partial charge in [0.15, 0.2) is 11.5 Å². The quantitative estimate of drug-likeness (QED) is 0.557. The summed E-state index contributed by atoms with van der Waals surface area (Å²) in [6.45, 7) is 0. The second-order valence-electron chi connectivity index (χ2n) is 6.24. The normalized spacial score (nSPS) is 14.2. The number of benzene rings is 1. The molecule has 0 atom stereocenters. The van der Waals surface area contributed by atoms with Crippen molar-refractivity contribution >= 4 is 45.4 Å². The minimum absolute atomic E-state index is 0.0663. The van der Waals surface area contributed by atoms with E-state index in [1.807, 2.05) is 0 Å². The highest BCUT2D eigenvalue weighted by Gasteiger charge is 2.38. The Balaban J connectivity index is 2.01. The van der Waals surface area contributed by atoms with Crippen molar-refractivity contribution in [2.24, 2.45) is 0 Å². The van der Waals surface area contributed by atoms with E-state index in [1.54, 1.807) is 43.5 Å². The van der Waals surface area contributed by atoms with E-state index in [9.17, 15) is 18.0 Å². The van der Waals surface area contributed by atoms with Gasteiger partial charge in [0.25, 0.3) is 0 Å². The second kappa shape index (κ2) is 6.53. The van der Waals surface area contributed by atoms with Crippen LogP contribution in [0.4, 0.5) is 19.0 Å². The van der Waals surface area contributed by atoms with E-state index >= 15 is 0 Å². The zero-order valence-electron chi connectivity index (χ0n) is 14.4. The van der Waals surface area contributed by atoms with Crippen molar-refractivity contribution in [1.29, 1.82) is 0 Å². The van der Waals surface area contributed by atoms with Crippen LogP contribution in [-0.2, 0) is 6.18 Å². The maximum atomic E-state index is 13.3. The van der Waals surface area contributed by atoms with E-state index in [4.69, 9.17) is 23.2 Å². The molecule has 0 bridgehead atoms. The molecule has 0 radical (unpaired) electrons. The fourth-order valence-electron chi connectivity index (χ4n) is 3.28. The number of Topliss-reactive ketones (excluding diaryl/α,β-unsaturated/α-hetero) is 1. The molecule has 28 heavy (non-hydrogen) atoms. The molecule has 2 heterocycles. The first-order valence-electron chi connectivity index (χ1n) is 8.22. The molecule has 1 aliphatic carbocycles. The highest BCUT2D eigenvalue weighted by molar-refractivity contribution is 6.50. The summed E-state index contributed by atoms with van der Waals surface area (Å²) >= 11 is 12.3. The number of nitrogens with zero attached hydrogens (tertiary/aromatic N) is 2. The zero-order chi connectivity index (χ0) is 20.2. The van der Waals surface area contributed by atoms with Crippen molar-refractivity contribution in [2.75, 3.05) is 12.4 Å². The van der Waals surface area contributed by atoms with Crippen LogP contribution in [0.1, 0.15) is 28.0 Å². The van der Waals surface area contributed by atoms with Gasteiger partial charge < -0.3 is 5.32 Å². The number of rotatable bonds is 2. The highest BCUT2D eigenvalue weighted by Crippen LogP contribution is 2.41. The third-order valence-corrected chi connectivity index (χ3v) is 5.31. The van der Waals surface area contributed by atoms with Gasteiger partial charge in [0.2, 0.25) is 0 Å². The third-order valence-electron chi connectivity index (χ3n) is 4.60. The van der Waals surface area contributed by atoms with Crippen LogP contribution in [0.15, 0.2) is 36.4 Å². The van der Waals surface area contributed by atoms with Gasteiger partial charge in [-0.05, 0) is 23.8 Å². The fourth-order valence-corrected chi connectivity index (χ4v) is 3.84. The van der Waals surface area contributed by atoms with E-state index < -0.39 is 16.9 Å². The largest absolute Gasteiger partial charge is 0.436 e. The summed E-state index contributed by atoms with van der Waals surface area (Å²) < 4.78 is 41.1. The number of carbonyl (C=O) groups excluding carboxylic acids is 1. The Labute approximate surface area is 167 Å². The minimum atomic E-state index is -4.69. The molecule has 4 nitrogen and oxygen atoms in total. The van der Waals surface area contributed by atoms with E-state index in [1.165, 1.54) is 0 Å². The molecule has 4 rings (SSSR count). The maximum absolute atomic E-state index is 13.3. The number of anilines is 1. The first-order chi connectivity index (χ1) is 13.2. The number of pyridine rings is 1. The van der Waals surface area contributed by atoms with Crippen molar-refractivity contribution in [3.05, 3.63) is 58.3 Å². The van der Waals surface area contributed by atoms with Crippen molar-refractivity contribution in [3.63, 3.8) is 0 Å². The number of halogens is 5. The van der Waals surface area contributed by atoms with Gasteiger partial charge in [0, 0.05) is 35.2 Å². The Morgan fingerprint density at radius 1 is 1.11 bits per heavy atom. The molecule has 0 saturated heterocycles. The van der Waals surface area contributed by atoms with Crippen molar-refractivity contribution in [1.82, 2.24) is 9.61 Å². The molecule has 0 aliphatic heterocycles. The Morgan fingerprint density at radius 3 is 2.50 bits per heavy atom. The monoisotopic (exact) mass is 425 g/mol. The predicted molar refractivity (Wildman–Crippen MR) is 103 cm³/mol. The zero-order valence-corrected chi connectivity index (χ0v) is 15.9. The lowest BCUT2D eigenvalue weighted by atomic mass is 9.92. The summed E-state index contributed by atoms with van der Waals surface area (Å²) in [4.78, 5) is 12.1. The Kier molecular flexibility index (Phi) is 4.39. The van der Waals surface area contributed by atoms with Gasteiger partial charge in [-0.1, -0.05) is 41.4 Å². The van der Waals surface area contributed by atoms with Crippen molar-refractivity contribution < 1.29 is 18.0 Å². The summed E-state index contributed by atoms with van der Waals surface area (Å²) in [7, 11) is 1.58.